The summed E-state index contributed by atoms with van der Waals surface area (Å²) in [7, 11) is 1.67. The lowest BCUT2D eigenvalue weighted by molar-refractivity contribution is -0.137. The topological polar surface area (TPSA) is 64.9 Å². The van der Waals surface area contributed by atoms with Crippen LogP contribution in [-0.4, -0.2) is 33.2 Å². The van der Waals surface area contributed by atoms with Crippen LogP contribution < -0.4 is 5.32 Å². The molecule has 0 radical (unpaired) electrons. The van der Waals surface area contributed by atoms with Gasteiger partial charge < -0.3 is 14.6 Å². The minimum Gasteiger partial charge on any atom is -0.385 e. The fourth-order valence-corrected chi connectivity index (χ4v) is 3.23. The fraction of sp³-hybridized carbons (Fsp3) is 0.389. The standard InChI is InChI=1S/C18H19BrF3N5O/c1-11-24-16(26-14-6-5-12(9-13(14)19)18(20,21)22)15-17(25-11)27(10-23-15)7-3-4-8-28-2/h5-6,9-10H,3-4,7-8H2,1-2H3,(H,24,25,26). The second kappa shape index (κ2) is 8.44. The number of aryl methyl sites for hydroxylation is 2. The molecule has 0 spiro atoms. The number of halogens is 4. The minimum atomic E-state index is -4.40. The Morgan fingerprint density at radius 3 is 2.68 bits per heavy atom. The van der Waals surface area contributed by atoms with Gasteiger partial charge in [0.25, 0.3) is 0 Å². The number of methoxy groups -OCH3 is 1. The number of alkyl halides is 3. The van der Waals surface area contributed by atoms with Crippen LogP contribution in [0.2, 0.25) is 0 Å². The molecule has 0 saturated heterocycles. The maximum absolute atomic E-state index is 12.9. The number of unbranched alkanes of at least 4 members (excludes halogenated alkanes) is 1. The summed E-state index contributed by atoms with van der Waals surface area (Å²) in [6, 6.07) is 3.41. The van der Waals surface area contributed by atoms with Gasteiger partial charge in [-0.1, -0.05) is 0 Å². The van der Waals surface area contributed by atoms with Crippen LogP contribution in [0.1, 0.15) is 24.2 Å². The van der Waals surface area contributed by atoms with E-state index < -0.39 is 11.7 Å². The van der Waals surface area contributed by atoms with Gasteiger partial charge in [0.15, 0.2) is 17.0 Å². The second-order valence-corrected chi connectivity index (χ2v) is 7.10. The Hall–Kier alpha value is -2.20. The van der Waals surface area contributed by atoms with Crippen molar-refractivity contribution in [1.82, 2.24) is 19.5 Å². The van der Waals surface area contributed by atoms with Crippen molar-refractivity contribution in [3.63, 3.8) is 0 Å². The number of benzene rings is 1. The molecule has 0 amide bonds. The van der Waals surface area contributed by atoms with E-state index in [1.54, 1.807) is 20.4 Å². The van der Waals surface area contributed by atoms with Gasteiger partial charge in [-0.2, -0.15) is 13.2 Å². The van der Waals surface area contributed by atoms with E-state index in [2.05, 4.69) is 36.2 Å². The summed E-state index contributed by atoms with van der Waals surface area (Å²) in [5.41, 5.74) is 0.968. The predicted octanol–water partition coefficient (Wildman–Crippen LogP) is 5.09. The molecule has 0 fully saturated rings. The van der Waals surface area contributed by atoms with Gasteiger partial charge in [0.05, 0.1) is 17.6 Å². The van der Waals surface area contributed by atoms with Crippen molar-refractivity contribution < 1.29 is 17.9 Å². The zero-order valence-corrected chi connectivity index (χ0v) is 16.9. The first kappa shape index (κ1) is 20.5. The number of imidazole rings is 1. The molecule has 2 heterocycles. The number of fused-ring (bicyclic) bond motifs is 1. The highest BCUT2D eigenvalue weighted by Crippen LogP contribution is 2.35. The molecule has 1 N–H and O–H groups in total. The molecule has 150 valence electrons. The molecule has 0 bridgehead atoms. The van der Waals surface area contributed by atoms with E-state index in [4.69, 9.17) is 4.74 Å². The van der Waals surface area contributed by atoms with E-state index in [-0.39, 0.29) is 4.47 Å². The number of hydrogen-bond donors (Lipinski definition) is 1. The Morgan fingerprint density at radius 2 is 2.00 bits per heavy atom. The Labute approximate surface area is 168 Å². The van der Waals surface area contributed by atoms with Crippen LogP contribution >= 0.6 is 15.9 Å². The van der Waals surface area contributed by atoms with E-state index >= 15 is 0 Å². The van der Waals surface area contributed by atoms with Gasteiger partial charge in [-0.3, -0.25) is 0 Å². The first-order valence-electron chi connectivity index (χ1n) is 8.62. The molecule has 0 saturated carbocycles. The maximum Gasteiger partial charge on any atom is 0.416 e. The fourth-order valence-electron chi connectivity index (χ4n) is 2.75. The number of hydrogen-bond acceptors (Lipinski definition) is 5. The summed E-state index contributed by atoms with van der Waals surface area (Å²) in [6.45, 7) is 3.18. The van der Waals surface area contributed by atoms with Gasteiger partial charge in [0, 0.05) is 24.7 Å². The van der Waals surface area contributed by atoms with Crippen molar-refractivity contribution in [2.24, 2.45) is 0 Å². The van der Waals surface area contributed by atoms with Gasteiger partial charge in [0.2, 0.25) is 0 Å². The number of ether oxygens (including phenoxy) is 1. The van der Waals surface area contributed by atoms with E-state index in [0.29, 0.717) is 35.1 Å². The van der Waals surface area contributed by atoms with E-state index in [0.717, 1.165) is 31.5 Å². The molecule has 0 aliphatic heterocycles. The summed E-state index contributed by atoms with van der Waals surface area (Å²) >= 11 is 3.19. The van der Waals surface area contributed by atoms with Crippen LogP contribution in [0.5, 0.6) is 0 Å². The van der Waals surface area contributed by atoms with Crippen molar-refractivity contribution in [3.05, 3.63) is 40.4 Å². The number of aromatic nitrogens is 4. The quantitative estimate of drug-likeness (QED) is 0.500. The molecular formula is C18H19BrF3N5O. The minimum absolute atomic E-state index is 0.283. The first-order chi connectivity index (χ1) is 13.3. The van der Waals surface area contributed by atoms with E-state index in [9.17, 15) is 13.2 Å². The summed E-state index contributed by atoms with van der Waals surface area (Å²) in [5.74, 6) is 0.982. The van der Waals surface area contributed by atoms with E-state index in [1.165, 1.54) is 6.07 Å². The third-order valence-electron chi connectivity index (χ3n) is 4.12. The van der Waals surface area contributed by atoms with Crippen molar-refractivity contribution in [2.45, 2.75) is 32.5 Å². The summed E-state index contributed by atoms with van der Waals surface area (Å²) in [5, 5.41) is 3.06. The largest absolute Gasteiger partial charge is 0.416 e. The SMILES string of the molecule is COCCCCn1cnc2c(Nc3ccc(C(F)(F)F)cc3Br)nc(C)nc21. The highest BCUT2D eigenvalue weighted by atomic mass is 79.9. The zero-order valence-electron chi connectivity index (χ0n) is 15.3. The van der Waals surface area contributed by atoms with Crippen LogP contribution in [-0.2, 0) is 17.5 Å². The maximum atomic E-state index is 12.9. The van der Waals surface area contributed by atoms with Gasteiger partial charge in [-0.05, 0) is 53.9 Å². The molecular weight excluding hydrogens is 439 g/mol. The molecule has 0 unspecified atom stereocenters. The average molecular weight is 458 g/mol. The average Bonchev–Trinajstić information content (AvgIpc) is 3.02. The number of nitrogens with one attached hydrogen (secondary N) is 1. The third-order valence-corrected chi connectivity index (χ3v) is 4.78. The van der Waals surface area contributed by atoms with Gasteiger partial charge in [0.1, 0.15) is 5.82 Å². The Morgan fingerprint density at radius 1 is 1.21 bits per heavy atom. The zero-order chi connectivity index (χ0) is 20.3. The van der Waals surface area contributed by atoms with E-state index in [1.807, 2.05) is 4.57 Å². The molecule has 3 rings (SSSR count). The molecule has 1 aromatic carbocycles. The summed E-state index contributed by atoms with van der Waals surface area (Å²) in [4.78, 5) is 13.2. The number of nitrogens with zero attached hydrogens (tertiary/aromatic N) is 4. The number of anilines is 2. The smallest absolute Gasteiger partial charge is 0.385 e. The highest BCUT2D eigenvalue weighted by Gasteiger charge is 2.30. The van der Waals surface area contributed by atoms with Gasteiger partial charge >= 0.3 is 6.18 Å². The van der Waals surface area contributed by atoms with Gasteiger partial charge in [-0.25, -0.2) is 15.0 Å². The molecule has 0 aliphatic rings. The molecule has 6 nitrogen and oxygen atoms in total. The van der Waals surface area contributed by atoms with Crippen molar-refractivity contribution in [2.75, 3.05) is 19.0 Å². The highest BCUT2D eigenvalue weighted by molar-refractivity contribution is 9.10. The molecule has 10 heteroatoms. The van der Waals surface area contributed by atoms with Gasteiger partial charge in [-0.15, -0.1) is 0 Å². The second-order valence-electron chi connectivity index (χ2n) is 6.25. The lowest BCUT2D eigenvalue weighted by Gasteiger charge is -2.12. The predicted molar refractivity (Wildman–Crippen MR) is 104 cm³/mol. The van der Waals surface area contributed by atoms with Crippen LogP contribution in [0.3, 0.4) is 0 Å². The van der Waals surface area contributed by atoms with Crippen LogP contribution in [0.25, 0.3) is 11.2 Å². The Kier molecular flexibility index (Phi) is 6.19. The normalized spacial score (nSPS) is 11.9. The molecule has 3 aromatic rings. The number of rotatable bonds is 7. The molecule has 0 aliphatic carbocycles. The summed E-state index contributed by atoms with van der Waals surface area (Å²) in [6.07, 6.45) is -0.876. The molecule has 28 heavy (non-hydrogen) atoms. The lowest BCUT2D eigenvalue weighted by Crippen LogP contribution is -2.06. The summed E-state index contributed by atoms with van der Waals surface area (Å²) < 4.78 is 45.9. The van der Waals surface area contributed by atoms with Crippen LogP contribution in [0.15, 0.2) is 29.0 Å². The van der Waals surface area contributed by atoms with Crippen LogP contribution in [0, 0.1) is 6.92 Å². The van der Waals surface area contributed by atoms with Crippen molar-refractivity contribution in [3.8, 4) is 0 Å². The molecule has 0 atom stereocenters. The lowest BCUT2D eigenvalue weighted by atomic mass is 10.2. The molecule has 2 aromatic heterocycles. The Balaban J connectivity index is 1.88. The monoisotopic (exact) mass is 457 g/mol. The first-order valence-corrected chi connectivity index (χ1v) is 9.41. The Bertz CT molecular complexity index is 974. The third kappa shape index (κ3) is 4.61. The van der Waals surface area contributed by atoms with Crippen LogP contribution in [0.4, 0.5) is 24.7 Å². The van der Waals surface area contributed by atoms with Crippen molar-refractivity contribution >= 4 is 38.6 Å². The van der Waals surface area contributed by atoms with Crippen molar-refractivity contribution in [1.29, 1.82) is 0 Å².